The largest absolute Gasteiger partial charge is 0.503 e. The molecule has 1 aromatic carbocycles. The lowest BCUT2D eigenvalue weighted by atomic mass is 9.82. The molecule has 0 aliphatic rings. The molecule has 0 spiro atoms. The van der Waals surface area contributed by atoms with Gasteiger partial charge in [-0.25, -0.2) is 0 Å². The normalized spacial score (nSPS) is 14.4. The molecule has 0 fully saturated rings. The molecule has 0 radical (unpaired) electrons. The van der Waals surface area contributed by atoms with Crippen LogP contribution in [0, 0.1) is 5.41 Å². The Balaban J connectivity index is 0.00000361. The molecule has 0 saturated heterocycles. The highest BCUT2D eigenvalue weighted by Gasteiger charge is 2.31. The number of aliphatic hydroxyl groups is 1. The van der Waals surface area contributed by atoms with Crippen LogP contribution in [0.2, 0.25) is 0 Å². The summed E-state index contributed by atoms with van der Waals surface area (Å²) >= 11 is 6.65. The number of aromatic hydroxyl groups is 1. The Morgan fingerprint density at radius 2 is 1.75 bits per heavy atom. The minimum Gasteiger partial charge on any atom is -0.503 e. The number of halogens is 3. The first-order valence-corrected chi connectivity index (χ1v) is 7.38. The Labute approximate surface area is 142 Å². The Hall–Kier alpha value is -0.0100. The lowest BCUT2D eigenvalue weighted by Gasteiger charge is -2.31. The molecule has 116 valence electrons. The fraction of sp³-hybridized carbons (Fsp3) is 0.538. The maximum Gasteiger partial charge on any atom is 0.173 e. The summed E-state index contributed by atoms with van der Waals surface area (Å²) in [4.78, 5) is 0. The summed E-state index contributed by atoms with van der Waals surface area (Å²) in [6.45, 7) is 5.74. The molecule has 1 aromatic rings. The van der Waals surface area contributed by atoms with Crippen LogP contribution in [0.4, 0.5) is 0 Å². The Bertz CT molecular complexity index is 478. The van der Waals surface area contributed by atoms with E-state index in [2.05, 4.69) is 31.9 Å². The van der Waals surface area contributed by atoms with E-state index in [-0.39, 0.29) is 23.6 Å². The SMILES string of the molecule is COc1cc([C@H](N)[C@H](O)C(C)(C)C)c(Br)c(Br)c1O.Cl. The summed E-state index contributed by atoms with van der Waals surface area (Å²) < 4.78 is 6.17. The Kier molecular flexibility index (Phi) is 7.31. The van der Waals surface area contributed by atoms with Crippen LogP contribution in [0.3, 0.4) is 0 Å². The highest BCUT2D eigenvalue weighted by atomic mass is 79.9. The third-order valence-corrected chi connectivity index (χ3v) is 5.14. The van der Waals surface area contributed by atoms with Crippen molar-refractivity contribution in [1.82, 2.24) is 0 Å². The van der Waals surface area contributed by atoms with Crippen molar-refractivity contribution in [3.8, 4) is 11.5 Å². The number of hydrogen-bond donors (Lipinski definition) is 3. The zero-order valence-electron chi connectivity index (χ0n) is 11.8. The number of nitrogens with two attached hydrogens (primary N) is 1. The van der Waals surface area contributed by atoms with Crippen molar-refractivity contribution in [2.75, 3.05) is 7.11 Å². The maximum atomic E-state index is 10.3. The number of rotatable bonds is 3. The lowest BCUT2D eigenvalue weighted by molar-refractivity contribution is 0.0398. The van der Waals surface area contributed by atoms with Crippen molar-refractivity contribution in [1.29, 1.82) is 0 Å². The topological polar surface area (TPSA) is 75.7 Å². The smallest absolute Gasteiger partial charge is 0.173 e. The molecule has 7 heteroatoms. The van der Waals surface area contributed by atoms with Crippen LogP contribution < -0.4 is 10.5 Å². The summed E-state index contributed by atoms with van der Waals surface area (Å²) in [5, 5.41) is 20.2. The first-order chi connectivity index (χ1) is 8.61. The summed E-state index contributed by atoms with van der Waals surface area (Å²) in [6.07, 6.45) is -0.732. The van der Waals surface area contributed by atoms with Crippen molar-refractivity contribution in [3.63, 3.8) is 0 Å². The molecule has 0 aliphatic carbocycles. The predicted molar refractivity (Wildman–Crippen MR) is 89.7 cm³/mol. The fourth-order valence-electron chi connectivity index (χ4n) is 1.72. The fourth-order valence-corrected chi connectivity index (χ4v) is 2.71. The van der Waals surface area contributed by atoms with Crippen LogP contribution in [0.15, 0.2) is 15.0 Å². The number of hydrogen-bond acceptors (Lipinski definition) is 4. The van der Waals surface area contributed by atoms with Crippen LogP contribution in [0.25, 0.3) is 0 Å². The average molecular weight is 434 g/mol. The molecule has 0 unspecified atom stereocenters. The molecule has 2 atom stereocenters. The van der Waals surface area contributed by atoms with E-state index < -0.39 is 12.1 Å². The van der Waals surface area contributed by atoms with Gasteiger partial charge in [-0.05, 0) is 48.9 Å². The van der Waals surface area contributed by atoms with Crippen molar-refractivity contribution in [2.24, 2.45) is 11.1 Å². The molecule has 0 bridgehead atoms. The molecule has 0 saturated carbocycles. The molecule has 0 aromatic heterocycles. The van der Waals surface area contributed by atoms with Gasteiger partial charge in [0.25, 0.3) is 0 Å². The Morgan fingerprint density at radius 3 is 2.15 bits per heavy atom. The number of methoxy groups -OCH3 is 1. The van der Waals surface area contributed by atoms with E-state index in [1.54, 1.807) is 6.07 Å². The van der Waals surface area contributed by atoms with Crippen molar-refractivity contribution >= 4 is 44.3 Å². The summed E-state index contributed by atoms with van der Waals surface area (Å²) in [5.41, 5.74) is 6.45. The van der Waals surface area contributed by atoms with Gasteiger partial charge in [0.05, 0.1) is 23.7 Å². The number of phenolic OH excluding ortho intramolecular Hbond substituents is 1. The van der Waals surface area contributed by atoms with Gasteiger partial charge >= 0.3 is 0 Å². The highest BCUT2D eigenvalue weighted by molar-refractivity contribution is 9.13. The van der Waals surface area contributed by atoms with E-state index in [1.165, 1.54) is 7.11 Å². The van der Waals surface area contributed by atoms with Crippen molar-refractivity contribution < 1.29 is 14.9 Å². The van der Waals surface area contributed by atoms with Crippen LogP contribution >= 0.6 is 44.3 Å². The van der Waals surface area contributed by atoms with Gasteiger partial charge in [0.1, 0.15) is 0 Å². The van der Waals surface area contributed by atoms with Gasteiger partial charge in [0.15, 0.2) is 11.5 Å². The molecule has 0 aliphatic heterocycles. The molecular formula is C13H20Br2ClNO3. The first-order valence-electron chi connectivity index (χ1n) is 5.79. The van der Waals surface area contributed by atoms with Gasteiger partial charge in [-0.3, -0.25) is 0 Å². The van der Waals surface area contributed by atoms with Crippen LogP contribution in [-0.2, 0) is 0 Å². The monoisotopic (exact) mass is 431 g/mol. The minimum absolute atomic E-state index is 0. The second-order valence-electron chi connectivity index (χ2n) is 5.48. The first kappa shape index (κ1) is 20.0. The van der Waals surface area contributed by atoms with E-state index in [9.17, 15) is 10.2 Å². The standard InChI is InChI=1S/C13H19Br2NO3.ClH/c1-13(2,3)12(18)10(16)6-5-7(19-4)11(17)9(15)8(6)14;/h5,10,12,17-18H,16H2,1-4H3;1H/t10-,12-;/m0./s1. The summed E-state index contributed by atoms with van der Waals surface area (Å²) in [7, 11) is 1.46. The Morgan fingerprint density at radius 1 is 1.25 bits per heavy atom. The maximum absolute atomic E-state index is 10.3. The van der Waals surface area contributed by atoms with E-state index in [0.717, 1.165) is 0 Å². The summed E-state index contributed by atoms with van der Waals surface area (Å²) in [5.74, 6) is 0.303. The average Bonchev–Trinajstić information content (AvgIpc) is 2.33. The molecule has 20 heavy (non-hydrogen) atoms. The molecule has 0 amide bonds. The van der Waals surface area contributed by atoms with E-state index >= 15 is 0 Å². The highest BCUT2D eigenvalue weighted by Crippen LogP contribution is 2.44. The van der Waals surface area contributed by atoms with Crippen molar-refractivity contribution in [2.45, 2.75) is 32.9 Å². The number of phenols is 1. The van der Waals surface area contributed by atoms with Crippen LogP contribution in [-0.4, -0.2) is 23.4 Å². The molecule has 4 N–H and O–H groups in total. The molecule has 0 heterocycles. The van der Waals surface area contributed by atoms with E-state index in [1.807, 2.05) is 20.8 Å². The van der Waals surface area contributed by atoms with Crippen LogP contribution in [0.1, 0.15) is 32.4 Å². The van der Waals surface area contributed by atoms with Gasteiger partial charge in [0.2, 0.25) is 0 Å². The van der Waals surface area contributed by atoms with Gasteiger partial charge in [-0.1, -0.05) is 20.8 Å². The molecule has 1 rings (SSSR count). The third-order valence-electron chi connectivity index (χ3n) is 2.98. The van der Waals surface area contributed by atoms with Gasteiger partial charge in [-0.2, -0.15) is 0 Å². The minimum atomic E-state index is -0.732. The number of aliphatic hydroxyl groups excluding tert-OH is 1. The molecular weight excluding hydrogens is 413 g/mol. The quantitative estimate of drug-likeness (QED) is 0.679. The third kappa shape index (κ3) is 4.01. The number of benzene rings is 1. The van der Waals surface area contributed by atoms with E-state index in [0.29, 0.717) is 20.3 Å². The summed E-state index contributed by atoms with van der Waals surface area (Å²) in [6, 6.07) is 1.03. The van der Waals surface area contributed by atoms with Crippen molar-refractivity contribution in [3.05, 3.63) is 20.6 Å². The number of ether oxygens (including phenoxy) is 1. The van der Waals surface area contributed by atoms with Gasteiger partial charge in [-0.15, -0.1) is 12.4 Å². The van der Waals surface area contributed by atoms with Crippen LogP contribution in [0.5, 0.6) is 11.5 Å². The lowest BCUT2D eigenvalue weighted by Crippen LogP contribution is -2.37. The second-order valence-corrected chi connectivity index (χ2v) is 7.07. The van der Waals surface area contributed by atoms with Gasteiger partial charge < -0.3 is 20.7 Å². The molecule has 4 nitrogen and oxygen atoms in total. The zero-order valence-corrected chi connectivity index (χ0v) is 15.8. The second kappa shape index (κ2) is 7.31. The zero-order chi connectivity index (χ0) is 15.0. The van der Waals surface area contributed by atoms with Gasteiger partial charge in [0, 0.05) is 4.47 Å². The van der Waals surface area contributed by atoms with E-state index in [4.69, 9.17) is 10.5 Å². The predicted octanol–water partition coefficient (Wildman–Crippen LogP) is 3.75.